The Morgan fingerprint density at radius 1 is 0.750 bits per heavy atom. The van der Waals surface area contributed by atoms with Gasteiger partial charge >= 0.3 is 0 Å². The van der Waals surface area contributed by atoms with Crippen LogP contribution in [0.2, 0.25) is 0 Å². The van der Waals surface area contributed by atoms with Gasteiger partial charge in [-0.3, -0.25) is 0 Å². The Bertz CT molecular complexity index is 619. The lowest BCUT2D eigenvalue weighted by Crippen LogP contribution is -2.08. The highest BCUT2D eigenvalue weighted by atomic mass is 16.4. The molecule has 5 nitrogen and oxygen atoms in total. The molecule has 0 aliphatic carbocycles. The van der Waals surface area contributed by atoms with E-state index in [9.17, 15) is 5.21 Å². The SMILES string of the molecule is OCC(=NO)c1ccc(C(=NO)c2ccccc2)cc1. The molecule has 2 rings (SSSR count). The molecule has 5 heteroatoms. The number of aliphatic hydroxyl groups excluding tert-OH is 1. The van der Waals surface area contributed by atoms with Gasteiger partial charge in [-0.15, -0.1) is 0 Å². The summed E-state index contributed by atoms with van der Waals surface area (Å²) in [5, 5.41) is 33.3. The minimum absolute atomic E-state index is 0.179. The number of benzene rings is 2. The van der Waals surface area contributed by atoms with Crippen molar-refractivity contribution < 1.29 is 15.5 Å². The van der Waals surface area contributed by atoms with Crippen molar-refractivity contribution in [1.82, 2.24) is 0 Å². The van der Waals surface area contributed by atoms with Crippen molar-refractivity contribution in [2.75, 3.05) is 6.61 Å². The number of hydrogen-bond acceptors (Lipinski definition) is 5. The number of aliphatic hydroxyl groups is 1. The predicted octanol–water partition coefficient (Wildman–Crippen LogP) is 2.08. The first-order chi connectivity index (χ1) is 9.80. The fourth-order valence-corrected chi connectivity index (χ4v) is 1.88. The van der Waals surface area contributed by atoms with Gasteiger partial charge in [-0.1, -0.05) is 64.9 Å². The summed E-state index contributed by atoms with van der Waals surface area (Å²) in [5.74, 6) is 0. The molecule has 0 fully saturated rings. The second-order valence-corrected chi connectivity index (χ2v) is 4.10. The van der Waals surface area contributed by atoms with Crippen LogP contribution in [0.4, 0.5) is 0 Å². The van der Waals surface area contributed by atoms with E-state index in [4.69, 9.17) is 10.3 Å². The highest BCUT2D eigenvalue weighted by molar-refractivity contribution is 6.13. The van der Waals surface area contributed by atoms with Crippen LogP contribution in [0.1, 0.15) is 16.7 Å². The molecular weight excluding hydrogens is 256 g/mol. The summed E-state index contributed by atoms with van der Waals surface area (Å²) in [5.41, 5.74) is 2.74. The quantitative estimate of drug-likeness (QED) is 0.451. The topological polar surface area (TPSA) is 85.4 Å². The Balaban J connectivity index is 2.34. The van der Waals surface area contributed by atoms with E-state index in [1.807, 2.05) is 30.3 Å². The van der Waals surface area contributed by atoms with Crippen LogP contribution in [0.25, 0.3) is 0 Å². The first-order valence-corrected chi connectivity index (χ1v) is 6.00. The summed E-state index contributed by atoms with van der Waals surface area (Å²) in [6.07, 6.45) is 0. The molecule has 0 aromatic heterocycles. The molecule has 0 saturated carbocycles. The monoisotopic (exact) mass is 270 g/mol. The first-order valence-electron chi connectivity index (χ1n) is 6.00. The summed E-state index contributed by atoms with van der Waals surface area (Å²) in [4.78, 5) is 0. The Morgan fingerprint density at radius 3 is 1.80 bits per heavy atom. The zero-order chi connectivity index (χ0) is 14.4. The van der Waals surface area contributed by atoms with Crippen LogP contribution in [-0.4, -0.2) is 33.6 Å². The van der Waals surface area contributed by atoms with Gasteiger partial charge in [0.1, 0.15) is 11.4 Å². The average molecular weight is 270 g/mol. The average Bonchev–Trinajstić information content (AvgIpc) is 2.52. The molecule has 0 unspecified atom stereocenters. The largest absolute Gasteiger partial charge is 0.411 e. The fraction of sp³-hybridized carbons (Fsp3) is 0.0667. The normalized spacial score (nSPS) is 12.4. The van der Waals surface area contributed by atoms with Crippen LogP contribution >= 0.6 is 0 Å². The summed E-state index contributed by atoms with van der Waals surface area (Å²) in [7, 11) is 0. The molecule has 0 spiro atoms. The van der Waals surface area contributed by atoms with Crippen LogP contribution in [0.3, 0.4) is 0 Å². The minimum Gasteiger partial charge on any atom is -0.411 e. The first kappa shape index (κ1) is 13.8. The van der Waals surface area contributed by atoms with E-state index >= 15 is 0 Å². The lowest BCUT2D eigenvalue weighted by Gasteiger charge is -2.06. The highest BCUT2D eigenvalue weighted by Crippen LogP contribution is 2.12. The molecule has 0 atom stereocenters. The van der Waals surface area contributed by atoms with Gasteiger partial charge in [-0.2, -0.15) is 0 Å². The van der Waals surface area contributed by atoms with Crippen molar-refractivity contribution in [3.63, 3.8) is 0 Å². The Hall–Kier alpha value is -2.66. The van der Waals surface area contributed by atoms with Crippen LogP contribution < -0.4 is 0 Å². The van der Waals surface area contributed by atoms with Gasteiger partial charge < -0.3 is 15.5 Å². The second kappa shape index (κ2) is 6.49. The lowest BCUT2D eigenvalue weighted by atomic mass is 10.0. The molecule has 0 heterocycles. The molecule has 0 aliphatic rings. The number of nitrogens with zero attached hydrogens (tertiary/aromatic N) is 2. The van der Waals surface area contributed by atoms with Crippen molar-refractivity contribution in [3.05, 3.63) is 71.3 Å². The van der Waals surface area contributed by atoms with E-state index < -0.39 is 0 Å². The van der Waals surface area contributed by atoms with Gasteiger partial charge in [0.15, 0.2) is 0 Å². The molecule has 0 bridgehead atoms. The predicted molar refractivity (Wildman–Crippen MR) is 75.7 cm³/mol. The van der Waals surface area contributed by atoms with Crippen molar-refractivity contribution in [2.24, 2.45) is 10.3 Å². The maximum absolute atomic E-state index is 9.19. The smallest absolute Gasteiger partial charge is 0.117 e. The molecular formula is C15H14N2O3. The van der Waals surface area contributed by atoms with Crippen LogP contribution in [0, 0.1) is 0 Å². The summed E-state index contributed by atoms with van der Waals surface area (Å²) in [6.45, 7) is -0.352. The van der Waals surface area contributed by atoms with E-state index in [0.717, 1.165) is 11.1 Å². The molecule has 3 N–H and O–H groups in total. The van der Waals surface area contributed by atoms with Crippen molar-refractivity contribution in [3.8, 4) is 0 Å². The number of rotatable bonds is 4. The lowest BCUT2D eigenvalue weighted by molar-refractivity contribution is 0.304. The van der Waals surface area contributed by atoms with Gasteiger partial charge in [0.2, 0.25) is 0 Å². The molecule has 0 aliphatic heterocycles. The van der Waals surface area contributed by atoms with Crippen LogP contribution in [-0.2, 0) is 0 Å². The third-order valence-corrected chi connectivity index (χ3v) is 2.91. The fourth-order valence-electron chi connectivity index (χ4n) is 1.88. The summed E-state index contributed by atoms with van der Waals surface area (Å²) >= 11 is 0. The van der Waals surface area contributed by atoms with Gasteiger partial charge in [0.05, 0.1) is 6.61 Å². The maximum atomic E-state index is 9.19. The van der Waals surface area contributed by atoms with Crippen LogP contribution in [0.5, 0.6) is 0 Å². The molecule has 0 amide bonds. The zero-order valence-corrected chi connectivity index (χ0v) is 10.6. The summed E-state index contributed by atoms with van der Waals surface area (Å²) in [6, 6.07) is 16.1. The molecule has 2 aromatic carbocycles. The van der Waals surface area contributed by atoms with Crippen molar-refractivity contribution in [2.45, 2.75) is 0 Å². The van der Waals surface area contributed by atoms with E-state index in [1.165, 1.54) is 0 Å². The van der Waals surface area contributed by atoms with E-state index in [2.05, 4.69) is 10.3 Å². The second-order valence-electron chi connectivity index (χ2n) is 4.10. The molecule has 2 aromatic rings. The summed E-state index contributed by atoms with van der Waals surface area (Å²) < 4.78 is 0. The minimum atomic E-state index is -0.352. The van der Waals surface area contributed by atoms with Gasteiger partial charge in [-0.25, -0.2) is 0 Å². The van der Waals surface area contributed by atoms with Gasteiger partial charge in [-0.05, 0) is 0 Å². The molecule has 20 heavy (non-hydrogen) atoms. The Morgan fingerprint density at radius 2 is 1.30 bits per heavy atom. The van der Waals surface area contributed by atoms with Crippen LogP contribution in [0.15, 0.2) is 64.9 Å². The zero-order valence-electron chi connectivity index (χ0n) is 10.6. The van der Waals surface area contributed by atoms with E-state index in [0.29, 0.717) is 11.3 Å². The number of hydrogen-bond donors (Lipinski definition) is 3. The third kappa shape index (κ3) is 2.84. The Labute approximate surface area is 116 Å². The molecule has 102 valence electrons. The third-order valence-electron chi connectivity index (χ3n) is 2.91. The van der Waals surface area contributed by atoms with E-state index in [-0.39, 0.29) is 12.3 Å². The molecule has 0 saturated heterocycles. The highest BCUT2D eigenvalue weighted by Gasteiger charge is 2.09. The van der Waals surface area contributed by atoms with Crippen molar-refractivity contribution >= 4 is 11.4 Å². The van der Waals surface area contributed by atoms with Crippen molar-refractivity contribution in [1.29, 1.82) is 0 Å². The Kier molecular flexibility index (Phi) is 4.47. The van der Waals surface area contributed by atoms with E-state index in [1.54, 1.807) is 24.3 Å². The molecule has 0 radical (unpaired) electrons. The van der Waals surface area contributed by atoms with Gasteiger partial charge in [0.25, 0.3) is 0 Å². The standard InChI is InChI=1S/C15H14N2O3/c18-10-14(16-19)11-6-8-13(9-7-11)15(17-20)12-4-2-1-3-5-12/h1-9,18-20H,10H2. The number of oxime groups is 2. The van der Waals surface area contributed by atoms with Gasteiger partial charge in [0, 0.05) is 16.7 Å². The maximum Gasteiger partial charge on any atom is 0.117 e.